The van der Waals surface area contributed by atoms with Crippen LogP contribution in [0.4, 0.5) is 11.4 Å². The van der Waals surface area contributed by atoms with E-state index in [4.69, 9.17) is 4.74 Å². The van der Waals surface area contributed by atoms with E-state index < -0.39 is 26.9 Å². The average molecular weight is 434 g/mol. The van der Waals surface area contributed by atoms with Gasteiger partial charge in [-0.25, -0.2) is 13.8 Å². The van der Waals surface area contributed by atoms with Gasteiger partial charge in [0.15, 0.2) is 0 Å². The standard InChI is InChI=1S/C19H22N4O6S/c1-4-29-18-10-8-16(9-11-18)22(30(3,27)28)14(2)19(24)21-20-13-15-6-5-7-17(12-15)23(25)26/h5-14H,4H2,1-3H3,(H,21,24)/b20-13-/t14-/m1/s1. The number of hydrogen-bond donors (Lipinski definition) is 1. The lowest BCUT2D eigenvalue weighted by molar-refractivity contribution is -0.384. The number of rotatable bonds is 9. The lowest BCUT2D eigenvalue weighted by atomic mass is 10.2. The van der Waals surface area contributed by atoms with Crippen LogP contribution in [0.15, 0.2) is 53.6 Å². The van der Waals surface area contributed by atoms with E-state index in [1.807, 2.05) is 6.92 Å². The summed E-state index contributed by atoms with van der Waals surface area (Å²) in [6.45, 7) is 3.73. The number of carbonyl (C=O) groups excluding carboxylic acids is 1. The molecule has 1 amide bonds. The zero-order valence-corrected chi connectivity index (χ0v) is 17.5. The van der Waals surface area contributed by atoms with Gasteiger partial charge in [-0.15, -0.1) is 0 Å². The molecule has 2 rings (SSSR count). The van der Waals surface area contributed by atoms with Crippen LogP contribution in [0, 0.1) is 10.1 Å². The molecule has 0 aliphatic rings. The van der Waals surface area contributed by atoms with Crippen molar-refractivity contribution < 1.29 is 22.9 Å². The summed E-state index contributed by atoms with van der Waals surface area (Å²) < 4.78 is 30.9. The number of non-ortho nitro benzene ring substituents is 1. The number of sulfonamides is 1. The van der Waals surface area contributed by atoms with Crippen LogP contribution in [0.1, 0.15) is 19.4 Å². The van der Waals surface area contributed by atoms with Crippen LogP contribution in [0.2, 0.25) is 0 Å². The molecule has 0 saturated carbocycles. The van der Waals surface area contributed by atoms with Crippen molar-refractivity contribution in [1.82, 2.24) is 5.43 Å². The summed E-state index contributed by atoms with van der Waals surface area (Å²) in [6, 6.07) is 10.9. The van der Waals surface area contributed by atoms with E-state index >= 15 is 0 Å². The highest BCUT2D eigenvalue weighted by Gasteiger charge is 2.29. The fourth-order valence-corrected chi connectivity index (χ4v) is 3.82. The Hall–Kier alpha value is -3.47. The monoisotopic (exact) mass is 434 g/mol. The molecule has 0 aliphatic heterocycles. The highest BCUT2D eigenvalue weighted by atomic mass is 32.2. The summed E-state index contributed by atoms with van der Waals surface area (Å²) >= 11 is 0. The third-order valence-corrected chi connectivity index (χ3v) is 5.20. The number of benzene rings is 2. The summed E-state index contributed by atoms with van der Waals surface area (Å²) in [5, 5.41) is 14.6. The molecular formula is C19H22N4O6S. The zero-order chi connectivity index (χ0) is 22.3. The van der Waals surface area contributed by atoms with Crippen molar-refractivity contribution in [2.24, 2.45) is 5.10 Å². The van der Waals surface area contributed by atoms with Crippen molar-refractivity contribution in [3.63, 3.8) is 0 Å². The van der Waals surface area contributed by atoms with Gasteiger partial charge >= 0.3 is 0 Å². The van der Waals surface area contributed by atoms with E-state index in [0.717, 1.165) is 10.6 Å². The van der Waals surface area contributed by atoms with Gasteiger partial charge in [-0.3, -0.25) is 19.2 Å². The lowest BCUT2D eigenvalue weighted by Gasteiger charge is -2.27. The molecule has 0 fully saturated rings. The Morgan fingerprint density at radius 1 is 1.30 bits per heavy atom. The first-order valence-electron chi connectivity index (χ1n) is 8.93. The Bertz CT molecular complexity index is 1040. The van der Waals surface area contributed by atoms with Crippen molar-refractivity contribution in [2.75, 3.05) is 17.2 Å². The Morgan fingerprint density at radius 2 is 1.97 bits per heavy atom. The molecule has 1 N–H and O–H groups in total. The molecule has 160 valence electrons. The number of anilines is 1. The number of ether oxygens (including phenoxy) is 1. The Balaban J connectivity index is 2.16. The molecule has 2 aromatic rings. The summed E-state index contributed by atoms with van der Waals surface area (Å²) in [5.41, 5.74) is 2.85. The van der Waals surface area contributed by atoms with Crippen LogP contribution in [0.5, 0.6) is 5.75 Å². The molecule has 11 heteroatoms. The second-order valence-electron chi connectivity index (χ2n) is 6.25. The van der Waals surface area contributed by atoms with Gasteiger partial charge in [-0.05, 0) is 38.1 Å². The Kier molecular flexibility index (Phi) is 7.48. The largest absolute Gasteiger partial charge is 0.494 e. The lowest BCUT2D eigenvalue weighted by Crippen LogP contribution is -2.46. The fourth-order valence-electron chi connectivity index (χ4n) is 2.65. The third kappa shape index (κ3) is 6.01. The molecule has 0 heterocycles. The van der Waals surface area contributed by atoms with Crippen LogP contribution in [-0.2, 0) is 14.8 Å². The number of carbonyl (C=O) groups is 1. The molecule has 1 atom stereocenters. The van der Waals surface area contributed by atoms with E-state index in [1.165, 1.54) is 31.3 Å². The van der Waals surface area contributed by atoms with Crippen molar-refractivity contribution in [3.8, 4) is 5.75 Å². The van der Waals surface area contributed by atoms with Crippen molar-refractivity contribution in [1.29, 1.82) is 0 Å². The molecule has 0 bridgehead atoms. The van der Waals surface area contributed by atoms with Crippen molar-refractivity contribution in [3.05, 3.63) is 64.2 Å². The van der Waals surface area contributed by atoms with Gasteiger partial charge in [0.1, 0.15) is 11.8 Å². The summed E-state index contributed by atoms with van der Waals surface area (Å²) in [5.74, 6) is -0.0932. The minimum absolute atomic E-state index is 0.114. The normalized spacial score (nSPS) is 12.4. The van der Waals surface area contributed by atoms with Gasteiger partial charge in [0.2, 0.25) is 10.0 Å². The maximum absolute atomic E-state index is 12.5. The first kappa shape index (κ1) is 22.8. The number of amides is 1. The van der Waals surface area contributed by atoms with Crippen molar-refractivity contribution >= 4 is 33.5 Å². The molecule has 2 aromatic carbocycles. The zero-order valence-electron chi connectivity index (χ0n) is 16.7. The van der Waals surface area contributed by atoms with E-state index in [9.17, 15) is 23.3 Å². The van der Waals surface area contributed by atoms with Gasteiger partial charge in [0.25, 0.3) is 11.6 Å². The predicted molar refractivity (Wildman–Crippen MR) is 113 cm³/mol. The molecule has 0 aliphatic carbocycles. The van der Waals surface area contributed by atoms with Crippen LogP contribution in [0.25, 0.3) is 0 Å². The number of nitro benzene ring substituents is 1. The SMILES string of the molecule is CCOc1ccc(N([C@H](C)C(=O)N/N=C\c2cccc([N+](=O)[O-])c2)S(C)(=O)=O)cc1. The maximum atomic E-state index is 12.5. The predicted octanol–water partition coefficient (Wildman–Crippen LogP) is 2.30. The highest BCUT2D eigenvalue weighted by Crippen LogP contribution is 2.24. The Labute approximate surface area is 174 Å². The minimum atomic E-state index is -3.77. The van der Waals surface area contributed by atoms with Gasteiger partial charge in [0.05, 0.1) is 29.7 Å². The Morgan fingerprint density at radius 3 is 2.53 bits per heavy atom. The van der Waals surface area contributed by atoms with E-state index in [0.29, 0.717) is 23.6 Å². The van der Waals surface area contributed by atoms with Crippen LogP contribution >= 0.6 is 0 Å². The molecule has 10 nitrogen and oxygen atoms in total. The number of nitrogens with one attached hydrogen (secondary N) is 1. The molecule has 0 radical (unpaired) electrons. The minimum Gasteiger partial charge on any atom is -0.494 e. The average Bonchev–Trinajstić information content (AvgIpc) is 2.68. The molecule has 0 spiro atoms. The topological polar surface area (TPSA) is 131 Å². The molecule has 30 heavy (non-hydrogen) atoms. The second-order valence-corrected chi connectivity index (χ2v) is 8.11. The smallest absolute Gasteiger partial charge is 0.270 e. The van der Waals surface area contributed by atoms with E-state index in [-0.39, 0.29) is 5.69 Å². The molecule has 0 aromatic heterocycles. The number of nitrogens with zero attached hydrogens (tertiary/aromatic N) is 3. The maximum Gasteiger partial charge on any atom is 0.270 e. The summed E-state index contributed by atoms with van der Waals surface area (Å²) in [6.07, 6.45) is 2.24. The highest BCUT2D eigenvalue weighted by molar-refractivity contribution is 7.92. The van der Waals surface area contributed by atoms with E-state index in [2.05, 4.69) is 10.5 Å². The van der Waals surface area contributed by atoms with E-state index in [1.54, 1.807) is 30.3 Å². The van der Waals surface area contributed by atoms with Crippen LogP contribution in [-0.4, -0.2) is 44.4 Å². The van der Waals surface area contributed by atoms with Gasteiger partial charge in [-0.2, -0.15) is 5.10 Å². The quantitative estimate of drug-likeness (QED) is 0.366. The second kappa shape index (κ2) is 9.83. The summed E-state index contributed by atoms with van der Waals surface area (Å²) in [4.78, 5) is 22.7. The number of hydrogen-bond acceptors (Lipinski definition) is 7. The van der Waals surface area contributed by atoms with Crippen LogP contribution < -0.4 is 14.5 Å². The molecule has 0 saturated heterocycles. The van der Waals surface area contributed by atoms with Crippen LogP contribution in [0.3, 0.4) is 0 Å². The number of hydrazone groups is 1. The number of nitro groups is 1. The first-order chi connectivity index (χ1) is 14.1. The third-order valence-electron chi connectivity index (χ3n) is 3.96. The summed E-state index contributed by atoms with van der Waals surface area (Å²) in [7, 11) is -3.77. The van der Waals surface area contributed by atoms with Gasteiger partial charge in [-0.1, -0.05) is 12.1 Å². The molecule has 0 unspecified atom stereocenters. The molecular weight excluding hydrogens is 412 g/mol. The van der Waals surface area contributed by atoms with Crippen molar-refractivity contribution in [2.45, 2.75) is 19.9 Å². The first-order valence-corrected chi connectivity index (χ1v) is 10.8. The van der Waals surface area contributed by atoms with Gasteiger partial charge in [0, 0.05) is 17.7 Å². The van der Waals surface area contributed by atoms with Gasteiger partial charge < -0.3 is 4.74 Å². The fraction of sp³-hybridized carbons (Fsp3) is 0.263.